The van der Waals surface area contributed by atoms with E-state index >= 15 is 0 Å². The van der Waals surface area contributed by atoms with Gasteiger partial charge in [-0.3, -0.25) is 4.79 Å². The van der Waals surface area contributed by atoms with E-state index in [1.807, 2.05) is 29.6 Å². The van der Waals surface area contributed by atoms with Crippen molar-refractivity contribution >= 4 is 46.1 Å². The number of aromatic nitrogens is 1. The molecule has 0 atom stereocenters. The highest BCUT2D eigenvalue weighted by atomic mass is 35.5. The van der Waals surface area contributed by atoms with Crippen molar-refractivity contribution in [3.05, 3.63) is 69.7 Å². The van der Waals surface area contributed by atoms with Crippen LogP contribution in [0.3, 0.4) is 0 Å². The third-order valence-electron chi connectivity index (χ3n) is 3.13. The Hall–Kier alpha value is -1.88. The van der Waals surface area contributed by atoms with Crippen LogP contribution in [-0.4, -0.2) is 10.9 Å². The van der Waals surface area contributed by atoms with Gasteiger partial charge in [0, 0.05) is 21.7 Å². The second-order valence-corrected chi connectivity index (χ2v) is 6.56. The molecule has 0 aliphatic carbocycles. The predicted molar refractivity (Wildman–Crippen MR) is 96.3 cm³/mol. The van der Waals surface area contributed by atoms with E-state index in [1.165, 1.54) is 11.3 Å². The normalized spacial score (nSPS) is 10.5. The number of anilines is 1. The molecule has 1 aromatic heterocycles. The Morgan fingerprint density at radius 3 is 2.57 bits per heavy atom. The number of thiazole rings is 1. The highest BCUT2D eigenvalue weighted by Gasteiger charge is 2.11. The van der Waals surface area contributed by atoms with Gasteiger partial charge in [-0.15, -0.1) is 11.3 Å². The molecule has 0 bridgehead atoms. The molecule has 23 heavy (non-hydrogen) atoms. The van der Waals surface area contributed by atoms with Gasteiger partial charge in [0.1, 0.15) is 5.01 Å². The minimum absolute atomic E-state index is 0.122. The van der Waals surface area contributed by atoms with Crippen LogP contribution in [-0.2, 0) is 11.2 Å². The molecule has 3 nitrogen and oxygen atoms in total. The van der Waals surface area contributed by atoms with Crippen LogP contribution >= 0.6 is 34.5 Å². The first kappa shape index (κ1) is 16.0. The lowest BCUT2D eigenvalue weighted by Gasteiger charge is -2.03. The van der Waals surface area contributed by atoms with Gasteiger partial charge in [-0.05, 0) is 30.3 Å². The maximum atomic E-state index is 12.1. The lowest BCUT2D eigenvalue weighted by atomic mass is 10.2. The molecular formula is C17H12Cl2N2OS. The van der Waals surface area contributed by atoms with Gasteiger partial charge in [-0.1, -0.05) is 41.4 Å². The summed E-state index contributed by atoms with van der Waals surface area (Å²) in [4.78, 5) is 16.6. The molecule has 3 rings (SSSR count). The zero-order valence-corrected chi connectivity index (χ0v) is 14.3. The summed E-state index contributed by atoms with van der Waals surface area (Å²) in [7, 11) is 0. The lowest BCUT2D eigenvalue weighted by Crippen LogP contribution is -2.14. The van der Waals surface area contributed by atoms with Gasteiger partial charge in [-0.25, -0.2) is 4.98 Å². The summed E-state index contributed by atoms with van der Waals surface area (Å²) in [6, 6.07) is 14.5. The van der Waals surface area contributed by atoms with E-state index in [2.05, 4.69) is 10.3 Å². The Morgan fingerprint density at radius 1 is 1.09 bits per heavy atom. The number of benzene rings is 2. The summed E-state index contributed by atoms with van der Waals surface area (Å²) in [5.41, 5.74) is 2.31. The predicted octanol–water partition coefficient (Wildman–Crippen LogP) is 5.30. The van der Waals surface area contributed by atoms with E-state index in [1.54, 1.807) is 24.3 Å². The van der Waals surface area contributed by atoms with E-state index in [0.29, 0.717) is 15.7 Å². The summed E-state index contributed by atoms with van der Waals surface area (Å²) in [6.07, 6.45) is 0.212. The van der Waals surface area contributed by atoms with Crippen molar-refractivity contribution < 1.29 is 4.79 Å². The standard InChI is InChI=1S/C17H12Cl2N2OS/c18-11-5-7-12(8-6-11)20-16(22)9-13-10-23-17(21-13)14-3-1-2-4-15(14)19/h1-8,10H,9H2,(H,20,22). The summed E-state index contributed by atoms with van der Waals surface area (Å²) in [5, 5.41) is 6.79. The van der Waals surface area contributed by atoms with Gasteiger partial charge in [-0.2, -0.15) is 0 Å². The number of hydrogen-bond acceptors (Lipinski definition) is 3. The molecule has 116 valence electrons. The van der Waals surface area contributed by atoms with Gasteiger partial charge in [0.2, 0.25) is 5.91 Å². The highest BCUT2D eigenvalue weighted by molar-refractivity contribution is 7.13. The van der Waals surface area contributed by atoms with Crippen molar-refractivity contribution in [3.63, 3.8) is 0 Å². The summed E-state index contributed by atoms with van der Waals surface area (Å²) >= 11 is 13.5. The molecule has 0 saturated heterocycles. The third kappa shape index (κ3) is 4.10. The van der Waals surface area contributed by atoms with Gasteiger partial charge >= 0.3 is 0 Å². The molecule has 0 spiro atoms. The van der Waals surface area contributed by atoms with Crippen LogP contribution in [0.15, 0.2) is 53.9 Å². The Bertz CT molecular complexity index is 831. The number of hydrogen-bond donors (Lipinski definition) is 1. The van der Waals surface area contributed by atoms with Crippen LogP contribution in [0.2, 0.25) is 10.0 Å². The maximum Gasteiger partial charge on any atom is 0.230 e. The number of nitrogens with zero attached hydrogens (tertiary/aromatic N) is 1. The van der Waals surface area contributed by atoms with Crippen molar-refractivity contribution in [3.8, 4) is 10.6 Å². The van der Waals surface area contributed by atoms with E-state index < -0.39 is 0 Å². The van der Waals surface area contributed by atoms with E-state index in [-0.39, 0.29) is 12.3 Å². The van der Waals surface area contributed by atoms with Crippen molar-refractivity contribution in [1.82, 2.24) is 4.98 Å². The fourth-order valence-electron chi connectivity index (χ4n) is 2.05. The van der Waals surface area contributed by atoms with Crippen LogP contribution in [0.25, 0.3) is 10.6 Å². The SMILES string of the molecule is O=C(Cc1csc(-c2ccccc2Cl)n1)Nc1ccc(Cl)cc1. The summed E-state index contributed by atoms with van der Waals surface area (Å²) < 4.78 is 0. The molecule has 3 aromatic rings. The largest absolute Gasteiger partial charge is 0.326 e. The Morgan fingerprint density at radius 2 is 1.83 bits per heavy atom. The first-order valence-electron chi connectivity index (χ1n) is 6.86. The number of nitrogens with one attached hydrogen (secondary N) is 1. The van der Waals surface area contributed by atoms with E-state index in [4.69, 9.17) is 23.2 Å². The molecule has 6 heteroatoms. The number of amides is 1. The van der Waals surface area contributed by atoms with Crippen molar-refractivity contribution in [2.24, 2.45) is 0 Å². The zero-order valence-electron chi connectivity index (χ0n) is 11.9. The molecule has 1 N–H and O–H groups in total. The van der Waals surface area contributed by atoms with Crippen LogP contribution < -0.4 is 5.32 Å². The van der Waals surface area contributed by atoms with Gasteiger partial charge in [0.15, 0.2) is 0 Å². The second-order valence-electron chi connectivity index (χ2n) is 4.86. The first-order chi connectivity index (χ1) is 11.1. The van der Waals surface area contributed by atoms with E-state index in [9.17, 15) is 4.79 Å². The fraction of sp³-hybridized carbons (Fsp3) is 0.0588. The second kappa shape index (κ2) is 7.13. The van der Waals surface area contributed by atoms with Crippen LogP contribution in [0.4, 0.5) is 5.69 Å². The van der Waals surface area contributed by atoms with Crippen molar-refractivity contribution in [2.45, 2.75) is 6.42 Å². The molecule has 1 amide bonds. The Balaban J connectivity index is 1.68. The minimum Gasteiger partial charge on any atom is -0.326 e. The average molecular weight is 363 g/mol. The van der Waals surface area contributed by atoms with Gasteiger partial charge in [0.05, 0.1) is 17.1 Å². The minimum atomic E-state index is -0.122. The van der Waals surface area contributed by atoms with Crippen LogP contribution in [0.5, 0.6) is 0 Å². The van der Waals surface area contributed by atoms with Gasteiger partial charge in [0.25, 0.3) is 0 Å². The molecule has 1 heterocycles. The third-order valence-corrected chi connectivity index (χ3v) is 4.63. The molecule has 0 aliphatic rings. The highest BCUT2D eigenvalue weighted by Crippen LogP contribution is 2.30. The Kier molecular flexibility index (Phi) is 4.96. The zero-order chi connectivity index (χ0) is 16.2. The quantitative estimate of drug-likeness (QED) is 0.684. The summed E-state index contributed by atoms with van der Waals surface area (Å²) in [6.45, 7) is 0. The molecule has 0 fully saturated rings. The average Bonchev–Trinajstić information content (AvgIpc) is 2.98. The smallest absolute Gasteiger partial charge is 0.230 e. The number of carbonyl (C=O) groups excluding carboxylic acids is 1. The molecule has 0 radical (unpaired) electrons. The number of rotatable bonds is 4. The fourth-order valence-corrected chi connectivity index (χ4v) is 3.32. The van der Waals surface area contributed by atoms with Gasteiger partial charge < -0.3 is 5.32 Å². The molecule has 0 aliphatic heterocycles. The Labute approximate surface area is 147 Å². The topological polar surface area (TPSA) is 42.0 Å². The van der Waals surface area contributed by atoms with E-state index in [0.717, 1.165) is 16.3 Å². The van der Waals surface area contributed by atoms with Crippen LogP contribution in [0, 0.1) is 0 Å². The monoisotopic (exact) mass is 362 g/mol. The summed E-state index contributed by atoms with van der Waals surface area (Å²) in [5.74, 6) is -0.122. The number of carbonyl (C=O) groups is 1. The van der Waals surface area contributed by atoms with Crippen molar-refractivity contribution in [1.29, 1.82) is 0 Å². The molecule has 0 saturated carbocycles. The maximum absolute atomic E-state index is 12.1. The lowest BCUT2D eigenvalue weighted by molar-refractivity contribution is -0.115. The molecule has 2 aromatic carbocycles. The first-order valence-corrected chi connectivity index (χ1v) is 8.50. The van der Waals surface area contributed by atoms with Crippen LogP contribution in [0.1, 0.15) is 5.69 Å². The number of halogens is 2. The molecule has 0 unspecified atom stereocenters. The molecular weight excluding hydrogens is 351 g/mol. The van der Waals surface area contributed by atoms with Crippen molar-refractivity contribution in [2.75, 3.05) is 5.32 Å².